The molecule has 3 nitrogen and oxygen atoms in total. The van der Waals surface area contributed by atoms with Gasteiger partial charge < -0.3 is 8.39 Å². The van der Waals surface area contributed by atoms with E-state index in [1.165, 1.54) is 21.9 Å². The standard InChI is InChI=1S/C36H30NO2P/c1-25(2)37(36(28-15-5-3-6-16-28)29-17-7-4-8-18-29)40-38-32-23-21-26-13-9-11-19-30(26)34(32)35-31-20-12-10-14-27(31)22-24-33(35)39-40/h3-25,36H,1-2H3. The average Bonchev–Trinajstić information content (AvgIpc) is 3.17. The molecular formula is C36H30NO2P. The molecule has 6 aromatic carbocycles. The molecule has 0 aliphatic carbocycles. The molecule has 7 aromatic rings. The monoisotopic (exact) mass is 539 g/mol. The summed E-state index contributed by atoms with van der Waals surface area (Å²) in [5.74, 6) is 0. The van der Waals surface area contributed by atoms with Crippen LogP contribution in [0.3, 0.4) is 0 Å². The molecule has 0 unspecified atom stereocenters. The molecule has 0 aliphatic heterocycles. The number of hydrogen-bond donors (Lipinski definition) is 0. The number of benzene rings is 6. The Balaban J connectivity index is 1.61. The lowest BCUT2D eigenvalue weighted by Gasteiger charge is -2.32. The van der Waals surface area contributed by atoms with Crippen LogP contribution in [0.4, 0.5) is 0 Å². The van der Waals surface area contributed by atoms with E-state index in [1.54, 1.807) is 0 Å². The maximum absolute atomic E-state index is 7.01. The fourth-order valence-electron chi connectivity index (χ4n) is 5.80. The van der Waals surface area contributed by atoms with Gasteiger partial charge >= 0.3 is 8.16 Å². The fraction of sp³-hybridized carbons (Fsp3) is 0.111. The molecular weight excluding hydrogens is 509 g/mol. The molecule has 4 heteroatoms. The lowest BCUT2D eigenvalue weighted by atomic mass is 9.98. The highest BCUT2D eigenvalue weighted by Gasteiger charge is 2.30. The molecule has 40 heavy (non-hydrogen) atoms. The van der Waals surface area contributed by atoms with E-state index in [1.807, 2.05) is 0 Å². The van der Waals surface area contributed by atoms with E-state index in [0.717, 1.165) is 32.7 Å². The van der Waals surface area contributed by atoms with Crippen molar-refractivity contribution in [2.75, 3.05) is 4.67 Å². The highest BCUT2D eigenvalue weighted by molar-refractivity contribution is 7.39. The molecule has 0 fully saturated rings. The Labute approximate surface area is 234 Å². The Morgan fingerprint density at radius 3 is 1.38 bits per heavy atom. The maximum atomic E-state index is 7.01. The van der Waals surface area contributed by atoms with Crippen LogP contribution in [-0.4, -0.2) is 6.04 Å². The zero-order valence-electron chi connectivity index (χ0n) is 22.6. The minimum atomic E-state index is -1.54. The van der Waals surface area contributed by atoms with E-state index >= 15 is 0 Å². The number of rotatable bonds is 5. The first kappa shape index (κ1) is 24.7. The van der Waals surface area contributed by atoms with Crippen molar-refractivity contribution in [2.24, 2.45) is 0 Å². The largest absolute Gasteiger partial charge is 0.408 e. The molecule has 0 saturated heterocycles. The SMILES string of the molecule is CC(C)N(C(c1ccccc1)c1ccccc1)p1oc2ccc3ccccc3c2c2c(ccc3ccccc32)o1. The van der Waals surface area contributed by atoms with Gasteiger partial charge in [-0.05, 0) is 58.7 Å². The van der Waals surface area contributed by atoms with E-state index in [-0.39, 0.29) is 12.1 Å². The van der Waals surface area contributed by atoms with Crippen molar-refractivity contribution in [3.63, 3.8) is 0 Å². The molecule has 0 atom stereocenters. The fourth-order valence-corrected chi connectivity index (χ4v) is 7.50. The van der Waals surface area contributed by atoms with Crippen LogP contribution in [0.1, 0.15) is 31.0 Å². The molecule has 7 rings (SSSR count). The summed E-state index contributed by atoms with van der Waals surface area (Å²) in [5, 5.41) is 6.88. The second-order valence-electron chi connectivity index (χ2n) is 10.4. The third-order valence-corrected chi connectivity index (χ3v) is 9.37. The van der Waals surface area contributed by atoms with Gasteiger partial charge in [0.15, 0.2) is 0 Å². The molecule has 0 aliphatic rings. The van der Waals surface area contributed by atoms with Crippen LogP contribution in [0.15, 0.2) is 142 Å². The summed E-state index contributed by atoms with van der Waals surface area (Å²) in [4.78, 5) is 0. The third-order valence-electron chi connectivity index (χ3n) is 7.60. The van der Waals surface area contributed by atoms with Gasteiger partial charge in [-0.15, -0.1) is 0 Å². The molecule has 0 bridgehead atoms. The molecule has 0 spiro atoms. The van der Waals surface area contributed by atoms with Gasteiger partial charge in [-0.3, -0.25) is 0 Å². The number of hydrogen-bond acceptors (Lipinski definition) is 3. The van der Waals surface area contributed by atoms with Crippen molar-refractivity contribution in [1.82, 2.24) is 0 Å². The Morgan fingerprint density at radius 2 is 0.925 bits per heavy atom. The molecule has 0 N–H and O–H groups in total. The van der Waals surface area contributed by atoms with Gasteiger partial charge in [0.05, 0.1) is 6.04 Å². The van der Waals surface area contributed by atoms with Crippen molar-refractivity contribution >= 4 is 51.6 Å². The number of fused-ring (bicyclic) bond motifs is 7. The van der Waals surface area contributed by atoms with Gasteiger partial charge in [-0.1, -0.05) is 121 Å². The van der Waals surface area contributed by atoms with Gasteiger partial charge in [0.2, 0.25) is 0 Å². The minimum absolute atomic E-state index is 0.0422. The summed E-state index contributed by atoms with van der Waals surface area (Å²) in [5.41, 5.74) is 4.12. The summed E-state index contributed by atoms with van der Waals surface area (Å²) in [6.45, 7) is 4.45. The van der Waals surface area contributed by atoms with E-state index < -0.39 is 8.16 Å². The van der Waals surface area contributed by atoms with E-state index in [9.17, 15) is 0 Å². The lowest BCUT2D eigenvalue weighted by Crippen LogP contribution is -2.33. The minimum Gasteiger partial charge on any atom is -0.408 e. The summed E-state index contributed by atoms with van der Waals surface area (Å²) in [7, 11) is -1.54. The van der Waals surface area contributed by atoms with Crippen molar-refractivity contribution in [3.8, 4) is 0 Å². The average molecular weight is 540 g/mol. The highest BCUT2D eigenvalue weighted by Crippen LogP contribution is 2.46. The molecule has 0 amide bonds. The maximum Gasteiger partial charge on any atom is 0.310 e. The Bertz CT molecular complexity index is 1860. The second kappa shape index (κ2) is 10.4. The Hall–Kier alpha value is -4.30. The van der Waals surface area contributed by atoms with E-state index in [4.69, 9.17) is 8.39 Å². The van der Waals surface area contributed by atoms with Crippen molar-refractivity contribution in [3.05, 3.63) is 145 Å². The summed E-state index contributed by atoms with van der Waals surface area (Å²) >= 11 is 0. The van der Waals surface area contributed by atoms with E-state index in [2.05, 4.69) is 152 Å². The molecule has 1 heterocycles. The van der Waals surface area contributed by atoms with Gasteiger partial charge in [-0.25, -0.2) is 0 Å². The predicted octanol–water partition coefficient (Wildman–Crippen LogP) is 10.7. The van der Waals surface area contributed by atoms with Crippen molar-refractivity contribution < 1.29 is 8.39 Å². The topological polar surface area (TPSA) is 29.5 Å². The Morgan fingerprint density at radius 1 is 0.500 bits per heavy atom. The molecule has 1 aromatic heterocycles. The molecule has 196 valence electrons. The summed E-state index contributed by atoms with van der Waals surface area (Å²) < 4.78 is 16.4. The Kier molecular flexibility index (Phi) is 6.40. The van der Waals surface area contributed by atoms with Crippen LogP contribution in [0.2, 0.25) is 0 Å². The van der Waals surface area contributed by atoms with Gasteiger partial charge in [0, 0.05) is 16.8 Å². The van der Waals surface area contributed by atoms with Crippen LogP contribution in [-0.2, 0) is 0 Å². The highest BCUT2D eigenvalue weighted by atomic mass is 31.1. The van der Waals surface area contributed by atoms with Crippen LogP contribution < -0.4 is 4.67 Å². The van der Waals surface area contributed by atoms with Crippen molar-refractivity contribution in [1.29, 1.82) is 0 Å². The first-order valence-electron chi connectivity index (χ1n) is 13.8. The third kappa shape index (κ3) is 4.29. The van der Waals surface area contributed by atoms with Crippen molar-refractivity contribution in [2.45, 2.75) is 25.9 Å². The second-order valence-corrected chi connectivity index (χ2v) is 11.7. The van der Waals surface area contributed by atoms with Gasteiger partial charge in [0.25, 0.3) is 0 Å². The van der Waals surface area contributed by atoms with E-state index in [0.29, 0.717) is 0 Å². The van der Waals surface area contributed by atoms with Crippen LogP contribution in [0, 0.1) is 0 Å². The first-order chi connectivity index (χ1) is 19.7. The molecule has 0 radical (unpaired) electrons. The van der Waals surface area contributed by atoms with Crippen LogP contribution in [0.5, 0.6) is 0 Å². The van der Waals surface area contributed by atoms with Crippen LogP contribution in [0.25, 0.3) is 43.5 Å². The quantitative estimate of drug-likeness (QED) is 0.218. The lowest BCUT2D eigenvalue weighted by molar-refractivity contribution is 0.576. The summed E-state index contributed by atoms with van der Waals surface area (Å²) in [6, 6.07) is 47.1. The number of nitrogens with zero attached hydrogens (tertiary/aromatic N) is 1. The zero-order valence-corrected chi connectivity index (χ0v) is 23.5. The smallest absolute Gasteiger partial charge is 0.310 e. The van der Waals surface area contributed by atoms with Gasteiger partial charge in [-0.2, -0.15) is 4.67 Å². The van der Waals surface area contributed by atoms with Crippen LogP contribution >= 0.6 is 8.16 Å². The summed E-state index contributed by atoms with van der Waals surface area (Å²) in [6.07, 6.45) is 0. The first-order valence-corrected chi connectivity index (χ1v) is 14.9. The zero-order chi connectivity index (χ0) is 27.1. The normalized spacial score (nSPS) is 11.9. The predicted molar refractivity (Wildman–Crippen MR) is 169 cm³/mol. The van der Waals surface area contributed by atoms with Gasteiger partial charge in [0.1, 0.15) is 11.2 Å². The molecule has 0 saturated carbocycles.